The smallest absolute Gasteiger partial charge is 0.191 e. The summed E-state index contributed by atoms with van der Waals surface area (Å²) in [5.74, 6) is 0.116. The first kappa shape index (κ1) is 14.0. The van der Waals surface area contributed by atoms with Crippen LogP contribution in [0, 0.1) is 0 Å². The van der Waals surface area contributed by atoms with Gasteiger partial charge in [-0.15, -0.1) is 0 Å². The van der Waals surface area contributed by atoms with E-state index < -0.39 is 0 Å². The Balaban J connectivity index is 1.68. The van der Waals surface area contributed by atoms with E-state index in [1.807, 2.05) is 49.4 Å². The van der Waals surface area contributed by atoms with Crippen LogP contribution in [0.25, 0.3) is 0 Å². The van der Waals surface area contributed by atoms with Gasteiger partial charge in [-0.25, -0.2) is 0 Å². The number of Topliss-reactive ketones (excluding diaryl/α,β-unsaturated/α-hetero) is 1. The van der Waals surface area contributed by atoms with Gasteiger partial charge >= 0.3 is 0 Å². The van der Waals surface area contributed by atoms with Crippen LogP contribution in [0.5, 0.6) is 0 Å². The van der Waals surface area contributed by atoms with Gasteiger partial charge in [0.15, 0.2) is 5.78 Å². The molecule has 2 aromatic carbocycles. The molecule has 0 N–H and O–H groups in total. The summed E-state index contributed by atoms with van der Waals surface area (Å²) in [4.78, 5) is 12.3. The average molecular weight is 280 g/mol. The van der Waals surface area contributed by atoms with E-state index in [0.717, 1.165) is 24.8 Å². The molecule has 0 aromatic heterocycles. The predicted molar refractivity (Wildman–Crippen MR) is 83.6 cm³/mol. The highest BCUT2D eigenvalue weighted by Gasteiger charge is 2.28. The molecule has 2 heteroatoms. The lowest BCUT2D eigenvalue weighted by Crippen LogP contribution is -2.20. The van der Waals surface area contributed by atoms with Crippen LogP contribution in [0.15, 0.2) is 54.6 Å². The van der Waals surface area contributed by atoms with Crippen LogP contribution in [-0.4, -0.2) is 18.0 Å². The Morgan fingerprint density at radius 1 is 1.00 bits per heavy atom. The molecule has 2 unspecified atom stereocenters. The Labute approximate surface area is 125 Å². The van der Waals surface area contributed by atoms with Crippen LogP contribution >= 0.6 is 0 Å². The molecule has 0 spiro atoms. The van der Waals surface area contributed by atoms with Gasteiger partial charge in [0.25, 0.3) is 0 Å². The number of hydrogen-bond donors (Lipinski definition) is 0. The number of rotatable bonds is 4. The van der Waals surface area contributed by atoms with Crippen LogP contribution < -0.4 is 0 Å². The maximum atomic E-state index is 12.3. The van der Waals surface area contributed by atoms with Gasteiger partial charge in [0, 0.05) is 5.56 Å². The summed E-state index contributed by atoms with van der Waals surface area (Å²) >= 11 is 0. The molecule has 1 aliphatic heterocycles. The summed E-state index contributed by atoms with van der Waals surface area (Å²) in [6, 6.07) is 18.3. The fourth-order valence-corrected chi connectivity index (χ4v) is 2.80. The Morgan fingerprint density at radius 3 is 2.29 bits per heavy atom. The number of ether oxygens (including phenoxy) is 1. The molecule has 0 amide bonds. The topological polar surface area (TPSA) is 26.3 Å². The normalized spacial score (nSPS) is 21.4. The van der Waals surface area contributed by atoms with E-state index in [4.69, 9.17) is 4.74 Å². The van der Waals surface area contributed by atoms with Gasteiger partial charge in [-0.05, 0) is 37.3 Å². The van der Waals surface area contributed by atoms with E-state index in [2.05, 4.69) is 12.1 Å². The standard InChI is InChI=1S/C19H20O2/c1-14-7-12-18(21-14)19(20)17-10-8-16(9-11-17)13-15-5-3-2-4-6-15/h2-6,8-11,14,18H,7,12-13H2,1H3. The van der Waals surface area contributed by atoms with E-state index in [1.165, 1.54) is 11.1 Å². The summed E-state index contributed by atoms with van der Waals surface area (Å²) in [5, 5.41) is 0. The first-order valence-corrected chi connectivity index (χ1v) is 7.55. The average Bonchev–Trinajstić information content (AvgIpc) is 2.95. The second-order valence-electron chi connectivity index (χ2n) is 5.74. The van der Waals surface area contributed by atoms with Gasteiger partial charge in [-0.1, -0.05) is 54.6 Å². The third-order valence-corrected chi connectivity index (χ3v) is 4.01. The van der Waals surface area contributed by atoms with E-state index in [9.17, 15) is 4.79 Å². The lowest BCUT2D eigenvalue weighted by molar-refractivity contribution is 0.0433. The molecular formula is C19H20O2. The molecule has 21 heavy (non-hydrogen) atoms. The predicted octanol–water partition coefficient (Wildman–Crippen LogP) is 4.03. The van der Waals surface area contributed by atoms with Crippen molar-refractivity contribution in [2.24, 2.45) is 0 Å². The van der Waals surface area contributed by atoms with Crippen LogP contribution in [-0.2, 0) is 11.2 Å². The Morgan fingerprint density at radius 2 is 1.67 bits per heavy atom. The van der Waals surface area contributed by atoms with Crippen LogP contribution in [0.1, 0.15) is 41.3 Å². The lowest BCUT2D eigenvalue weighted by Gasteiger charge is -2.10. The molecule has 1 aliphatic rings. The van der Waals surface area contributed by atoms with Gasteiger partial charge < -0.3 is 4.74 Å². The maximum Gasteiger partial charge on any atom is 0.191 e. The zero-order chi connectivity index (χ0) is 14.7. The number of carbonyl (C=O) groups is 1. The lowest BCUT2D eigenvalue weighted by atomic mass is 10.00. The van der Waals surface area contributed by atoms with E-state index in [1.54, 1.807) is 0 Å². The Bertz CT molecular complexity index is 601. The molecule has 0 radical (unpaired) electrons. The third kappa shape index (κ3) is 3.40. The SMILES string of the molecule is CC1CCC(C(=O)c2ccc(Cc3ccccc3)cc2)O1. The summed E-state index contributed by atoms with van der Waals surface area (Å²) < 4.78 is 5.65. The zero-order valence-electron chi connectivity index (χ0n) is 12.3. The van der Waals surface area contributed by atoms with Crippen LogP contribution in [0.2, 0.25) is 0 Å². The minimum atomic E-state index is -0.250. The van der Waals surface area contributed by atoms with E-state index in [-0.39, 0.29) is 18.0 Å². The van der Waals surface area contributed by atoms with E-state index in [0.29, 0.717) is 0 Å². The van der Waals surface area contributed by atoms with Gasteiger partial charge in [0.2, 0.25) is 0 Å². The van der Waals surface area contributed by atoms with Gasteiger partial charge in [-0.2, -0.15) is 0 Å². The molecule has 0 bridgehead atoms. The second kappa shape index (κ2) is 6.23. The summed E-state index contributed by atoms with van der Waals surface area (Å²) in [6.07, 6.45) is 2.66. The van der Waals surface area contributed by atoms with Gasteiger partial charge in [0.1, 0.15) is 6.10 Å². The molecule has 3 rings (SSSR count). The second-order valence-corrected chi connectivity index (χ2v) is 5.74. The van der Waals surface area contributed by atoms with Crippen molar-refractivity contribution in [1.29, 1.82) is 0 Å². The molecule has 0 aliphatic carbocycles. The van der Waals surface area contributed by atoms with Crippen molar-refractivity contribution in [1.82, 2.24) is 0 Å². The first-order valence-electron chi connectivity index (χ1n) is 7.55. The quantitative estimate of drug-likeness (QED) is 0.790. The zero-order valence-corrected chi connectivity index (χ0v) is 12.3. The summed E-state index contributed by atoms with van der Waals surface area (Å²) in [5.41, 5.74) is 3.26. The molecule has 2 atom stereocenters. The van der Waals surface area contributed by atoms with E-state index >= 15 is 0 Å². The summed E-state index contributed by atoms with van der Waals surface area (Å²) in [6.45, 7) is 2.02. The molecular weight excluding hydrogens is 260 g/mol. The Hall–Kier alpha value is -1.93. The van der Waals surface area contributed by atoms with Crippen molar-refractivity contribution in [3.63, 3.8) is 0 Å². The molecule has 108 valence electrons. The van der Waals surface area contributed by atoms with Crippen molar-refractivity contribution >= 4 is 5.78 Å². The van der Waals surface area contributed by atoms with Crippen molar-refractivity contribution in [2.75, 3.05) is 0 Å². The third-order valence-electron chi connectivity index (χ3n) is 4.01. The highest BCUT2D eigenvalue weighted by atomic mass is 16.5. The van der Waals surface area contributed by atoms with Gasteiger partial charge in [0.05, 0.1) is 6.10 Å². The minimum Gasteiger partial charge on any atom is -0.367 e. The molecule has 1 heterocycles. The van der Waals surface area contributed by atoms with Crippen LogP contribution in [0.4, 0.5) is 0 Å². The van der Waals surface area contributed by atoms with Crippen molar-refractivity contribution in [3.8, 4) is 0 Å². The molecule has 1 saturated heterocycles. The number of hydrogen-bond acceptors (Lipinski definition) is 2. The van der Waals surface area contributed by atoms with Crippen molar-refractivity contribution in [2.45, 2.75) is 38.4 Å². The molecule has 2 nitrogen and oxygen atoms in total. The maximum absolute atomic E-state index is 12.3. The monoisotopic (exact) mass is 280 g/mol. The van der Waals surface area contributed by atoms with Crippen molar-refractivity contribution < 1.29 is 9.53 Å². The molecule has 0 saturated carbocycles. The number of carbonyl (C=O) groups excluding carboxylic acids is 1. The number of benzene rings is 2. The minimum absolute atomic E-state index is 0.116. The van der Waals surface area contributed by atoms with Crippen molar-refractivity contribution in [3.05, 3.63) is 71.3 Å². The van der Waals surface area contributed by atoms with Gasteiger partial charge in [-0.3, -0.25) is 4.79 Å². The largest absolute Gasteiger partial charge is 0.367 e. The fourth-order valence-electron chi connectivity index (χ4n) is 2.80. The first-order chi connectivity index (χ1) is 10.2. The fraction of sp³-hybridized carbons (Fsp3) is 0.316. The Kier molecular flexibility index (Phi) is 4.16. The highest BCUT2D eigenvalue weighted by Crippen LogP contribution is 2.23. The highest BCUT2D eigenvalue weighted by molar-refractivity contribution is 5.99. The summed E-state index contributed by atoms with van der Waals surface area (Å²) in [7, 11) is 0. The number of ketones is 1. The van der Waals surface area contributed by atoms with Crippen LogP contribution in [0.3, 0.4) is 0 Å². The molecule has 2 aromatic rings. The molecule has 1 fully saturated rings.